The van der Waals surface area contributed by atoms with Crippen LogP contribution in [0.15, 0.2) is 12.7 Å². The number of carbonyl (C=O) groups excluding carboxylic acids is 2. The molecule has 1 N–H and O–H groups in total. The lowest BCUT2D eigenvalue weighted by Gasteiger charge is -2.43. The number of hydrogen-bond acceptors (Lipinski definition) is 2. The molecule has 0 radical (unpaired) electrons. The van der Waals surface area contributed by atoms with Gasteiger partial charge in [0.05, 0.1) is 0 Å². The standard InChI is InChI=1S/C13H22N2O2/c1-6-9(5)15-11(8(3)4)12(16)14-10(7-2)13(15)17/h6,8-11H,1,7H2,2-5H3,(H,14,16). The number of amides is 2. The molecular formula is C13H22N2O2. The molecule has 0 aromatic rings. The normalized spacial score (nSPS) is 27.0. The van der Waals surface area contributed by atoms with Crippen LogP contribution in [0.2, 0.25) is 0 Å². The first-order valence-corrected chi connectivity index (χ1v) is 6.19. The van der Waals surface area contributed by atoms with Crippen LogP contribution in [0.25, 0.3) is 0 Å². The van der Waals surface area contributed by atoms with Crippen molar-refractivity contribution >= 4 is 11.8 Å². The Morgan fingerprint density at radius 3 is 2.41 bits per heavy atom. The summed E-state index contributed by atoms with van der Waals surface area (Å²) >= 11 is 0. The molecule has 0 spiro atoms. The lowest BCUT2D eigenvalue weighted by atomic mass is 9.94. The van der Waals surface area contributed by atoms with Gasteiger partial charge in [0.1, 0.15) is 12.1 Å². The largest absolute Gasteiger partial charge is 0.343 e. The summed E-state index contributed by atoms with van der Waals surface area (Å²) in [5.74, 6) is 0.0394. The smallest absolute Gasteiger partial charge is 0.246 e. The second kappa shape index (κ2) is 5.34. The number of nitrogens with zero attached hydrogens (tertiary/aromatic N) is 1. The number of rotatable bonds is 4. The molecule has 4 nitrogen and oxygen atoms in total. The number of carbonyl (C=O) groups is 2. The van der Waals surface area contributed by atoms with Crippen LogP contribution in [0, 0.1) is 5.92 Å². The molecule has 96 valence electrons. The molecule has 3 atom stereocenters. The van der Waals surface area contributed by atoms with Gasteiger partial charge in [-0.15, -0.1) is 6.58 Å². The summed E-state index contributed by atoms with van der Waals surface area (Å²) in [5, 5.41) is 2.79. The zero-order chi connectivity index (χ0) is 13.2. The van der Waals surface area contributed by atoms with Crippen LogP contribution in [0.5, 0.6) is 0 Å². The molecule has 0 aromatic heterocycles. The van der Waals surface area contributed by atoms with Gasteiger partial charge in [-0.05, 0) is 19.3 Å². The summed E-state index contributed by atoms with van der Waals surface area (Å²) in [4.78, 5) is 26.0. The fourth-order valence-electron chi connectivity index (χ4n) is 2.23. The van der Waals surface area contributed by atoms with Crippen LogP contribution in [-0.2, 0) is 9.59 Å². The van der Waals surface area contributed by atoms with Crippen LogP contribution in [0.4, 0.5) is 0 Å². The molecule has 0 aliphatic carbocycles. The predicted octanol–water partition coefficient (Wildman–Crippen LogP) is 1.32. The molecular weight excluding hydrogens is 216 g/mol. The summed E-state index contributed by atoms with van der Waals surface area (Å²) in [5.41, 5.74) is 0. The van der Waals surface area contributed by atoms with Crippen molar-refractivity contribution in [2.24, 2.45) is 5.92 Å². The Kier molecular flexibility index (Phi) is 4.32. The zero-order valence-corrected chi connectivity index (χ0v) is 11.1. The maximum Gasteiger partial charge on any atom is 0.246 e. The third-order valence-electron chi connectivity index (χ3n) is 3.26. The minimum atomic E-state index is -0.390. The molecule has 3 unspecified atom stereocenters. The molecule has 1 aliphatic rings. The van der Waals surface area contributed by atoms with Crippen molar-refractivity contribution in [1.29, 1.82) is 0 Å². The lowest BCUT2D eigenvalue weighted by Crippen LogP contribution is -2.66. The molecule has 2 amide bonds. The van der Waals surface area contributed by atoms with Crippen LogP contribution < -0.4 is 5.32 Å². The van der Waals surface area contributed by atoms with Crippen molar-refractivity contribution in [3.05, 3.63) is 12.7 Å². The van der Waals surface area contributed by atoms with Gasteiger partial charge in [0.25, 0.3) is 0 Å². The van der Waals surface area contributed by atoms with E-state index in [0.29, 0.717) is 6.42 Å². The topological polar surface area (TPSA) is 49.4 Å². The van der Waals surface area contributed by atoms with E-state index in [4.69, 9.17) is 0 Å². The van der Waals surface area contributed by atoms with E-state index in [1.165, 1.54) is 0 Å². The molecule has 17 heavy (non-hydrogen) atoms. The molecule has 0 bridgehead atoms. The number of hydrogen-bond donors (Lipinski definition) is 1. The molecule has 1 aliphatic heterocycles. The third-order valence-corrected chi connectivity index (χ3v) is 3.26. The zero-order valence-electron chi connectivity index (χ0n) is 11.1. The fourth-order valence-corrected chi connectivity index (χ4v) is 2.23. The van der Waals surface area contributed by atoms with Gasteiger partial charge in [-0.3, -0.25) is 9.59 Å². The van der Waals surface area contributed by atoms with Crippen LogP contribution >= 0.6 is 0 Å². The molecule has 4 heteroatoms. The van der Waals surface area contributed by atoms with Gasteiger partial charge < -0.3 is 10.2 Å². The maximum absolute atomic E-state index is 12.3. The number of nitrogens with one attached hydrogen (secondary N) is 1. The van der Waals surface area contributed by atoms with E-state index < -0.39 is 6.04 Å². The maximum atomic E-state index is 12.3. The van der Waals surface area contributed by atoms with Gasteiger partial charge >= 0.3 is 0 Å². The Balaban J connectivity index is 3.08. The van der Waals surface area contributed by atoms with Crippen molar-refractivity contribution in [3.63, 3.8) is 0 Å². The molecule has 1 heterocycles. The van der Waals surface area contributed by atoms with Gasteiger partial charge in [0, 0.05) is 6.04 Å². The van der Waals surface area contributed by atoms with E-state index in [0.717, 1.165) is 0 Å². The van der Waals surface area contributed by atoms with E-state index in [2.05, 4.69) is 11.9 Å². The summed E-state index contributed by atoms with van der Waals surface area (Å²) in [6, 6.07) is -0.895. The van der Waals surface area contributed by atoms with E-state index in [9.17, 15) is 9.59 Å². The monoisotopic (exact) mass is 238 g/mol. The Labute approximate surface area is 103 Å². The van der Waals surface area contributed by atoms with E-state index in [1.54, 1.807) is 11.0 Å². The molecule has 0 saturated carbocycles. The van der Waals surface area contributed by atoms with Gasteiger partial charge in [-0.1, -0.05) is 26.8 Å². The van der Waals surface area contributed by atoms with Crippen molar-refractivity contribution in [2.75, 3.05) is 0 Å². The Morgan fingerprint density at radius 2 is 2.00 bits per heavy atom. The Hall–Kier alpha value is -1.32. The molecule has 1 rings (SSSR count). The second-order valence-corrected chi connectivity index (χ2v) is 4.88. The first-order valence-electron chi connectivity index (χ1n) is 6.19. The predicted molar refractivity (Wildman–Crippen MR) is 67.4 cm³/mol. The quantitative estimate of drug-likeness (QED) is 0.751. The molecule has 1 saturated heterocycles. The number of piperazine rings is 1. The van der Waals surface area contributed by atoms with Crippen molar-refractivity contribution in [2.45, 2.75) is 52.2 Å². The Bertz CT molecular complexity index is 325. The van der Waals surface area contributed by atoms with Gasteiger partial charge in [0.2, 0.25) is 11.8 Å². The first-order chi connectivity index (χ1) is 7.93. The second-order valence-electron chi connectivity index (χ2n) is 4.88. The molecule has 1 fully saturated rings. The van der Waals surface area contributed by atoms with Gasteiger partial charge in [-0.25, -0.2) is 0 Å². The van der Waals surface area contributed by atoms with Crippen LogP contribution in [0.1, 0.15) is 34.1 Å². The first kappa shape index (κ1) is 13.7. The van der Waals surface area contributed by atoms with Gasteiger partial charge in [0.15, 0.2) is 0 Å². The highest BCUT2D eigenvalue weighted by Gasteiger charge is 2.42. The average Bonchev–Trinajstić information content (AvgIpc) is 2.29. The minimum Gasteiger partial charge on any atom is -0.343 e. The summed E-state index contributed by atoms with van der Waals surface area (Å²) in [6.45, 7) is 11.4. The van der Waals surface area contributed by atoms with E-state index in [1.807, 2.05) is 27.7 Å². The summed E-state index contributed by atoms with van der Waals surface area (Å²) in [7, 11) is 0. The van der Waals surface area contributed by atoms with Gasteiger partial charge in [-0.2, -0.15) is 0 Å². The van der Waals surface area contributed by atoms with Crippen molar-refractivity contribution in [1.82, 2.24) is 10.2 Å². The van der Waals surface area contributed by atoms with Crippen molar-refractivity contribution in [3.8, 4) is 0 Å². The average molecular weight is 238 g/mol. The minimum absolute atomic E-state index is 0.00167. The summed E-state index contributed by atoms with van der Waals surface area (Å²) < 4.78 is 0. The fraction of sp³-hybridized carbons (Fsp3) is 0.692. The van der Waals surface area contributed by atoms with Crippen LogP contribution in [0.3, 0.4) is 0 Å². The highest BCUT2D eigenvalue weighted by Crippen LogP contribution is 2.21. The highest BCUT2D eigenvalue weighted by molar-refractivity contribution is 5.97. The van der Waals surface area contributed by atoms with E-state index in [-0.39, 0.29) is 29.8 Å². The third kappa shape index (κ3) is 2.51. The van der Waals surface area contributed by atoms with Crippen molar-refractivity contribution < 1.29 is 9.59 Å². The Morgan fingerprint density at radius 1 is 1.41 bits per heavy atom. The summed E-state index contributed by atoms with van der Waals surface area (Å²) in [6.07, 6.45) is 2.33. The highest BCUT2D eigenvalue weighted by atomic mass is 16.2. The SMILES string of the molecule is C=CC(C)N1C(=O)C(CC)NC(=O)C1C(C)C. The lowest BCUT2D eigenvalue weighted by molar-refractivity contribution is -0.152. The van der Waals surface area contributed by atoms with Crippen LogP contribution in [-0.4, -0.2) is 34.8 Å². The van der Waals surface area contributed by atoms with E-state index >= 15 is 0 Å². The molecule has 0 aromatic carbocycles.